The maximum atomic E-state index is 11.9. The van der Waals surface area contributed by atoms with Crippen molar-refractivity contribution in [1.29, 1.82) is 0 Å². The lowest BCUT2D eigenvalue weighted by Crippen LogP contribution is -2.41. The molecular weight excluding hydrogens is 304 g/mol. The lowest BCUT2D eigenvalue weighted by atomic mass is 9.91. The van der Waals surface area contributed by atoms with Crippen LogP contribution in [-0.2, 0) is 10.2 Å². The standard InChI is InChI=1S/C11H23BrN2O2S/c1-11(2,3)8-10(12)9-13-17(15,16)14-6-4-5-7-14/h10,13H,4-9H2,1-3H3. The first-order chi connectivity index (χ1) is 7.71. The van der Waals surface area contributed by atoms with E-state index in [1.807, 2.05) is 0 Å². The Balaban J connectivity index is 2.39. The molecule has 1 saturated heterocycles. The molecule has 0 aliphatic carbocycles. The van der Waals surface area contributed by atoms with E-state index in [0.29, 0.717) is 19.6 Å². The molecule has 17 heavy (non-hydrogen) atoms. The minimum absolute atomic E-state index is 0.180. The number of hydrogen-bond acceptors (Lipinski definition) is 2. The summed E-state index contributed by atoms with van der Waals surface area (Å²) in [6, 6.07) is 0. The van der Waals surface area contributed by atoms with Crippen LogP contribution in [0.3, 0.4) is 0 Å². The molecule has 1 atom stereocenters. The van der Waals surface area contributed by atoms with Crippen molar-refractivity contribution >= 4 is 26.1 Å². The molecule has 0 spiro atoms. The van der Waals surface area contributed by atoms with Crippen LogP contribution in [-0.4, -0.2) is 37.2 Å². The fourth-order valence-corrected chi connectivity index (χ4v) is 4.63. The van der Waals surface area contributed by atoms with Crippen molar-refractivity contribution in [2.45, 2.75) is 44.9 Å². The Morgan fingerprint density at radius 2 is 1.82 bits per heavy atom. The first-order valence-electron chi connectivity index (χ1n) is 6.09. The van der Waals surface area contributed by atoms with E-state index in [1.54, 1.807) is 0 Å². The topological polar surface area (TPSA) is 49.4 Å². The molecular formula is C11H23BrN2O2S. The zero-order chi connectivity index (χ0) is 13.1. The van der Waals surface area contributed by atoms with Gasteiger partial charge in [-0.2, -0.15) is 12.7 Å². The molecule has 1 unspecified atom stereocenters. The van der Waals surface area contributed by atoms with Crippen LogP contribution in [0.2, 0.25) is 0 Å². The van der Waals surface area contributed by atoms with Crippen LogP contribution >= 0.6 is 15.9 Å². The van der Waals surface area contributed by atoms with Crippen molar-refractivity contribution in [3.05, 3.63) is 0 Å². The number of halogens is 1. The molecule has 0 aromatic carbocycles. The summed E-state index contributed by atoms with van der Waals surface area (Å²) >= 11 is 3.53. The number of rotatable bonds is 5. The van der Waals surface area contributed by atoms with Gasteiger partial charge in [-0.1, -0.05) is 36.7 Å². The molecule has 0 bridgehead atoms. The second-order valence-corrected chi connectivity index (χ2v) is 8.87. The second-order valence-electron chi connectivity index (χ2n) is 5.82. The lowest BCUT2D eigenvalue weighted by molar-refractivity contribution is 0.372. The number of alkyl halides is 1. The van der Waals surface area contributed by atoms with Gasteiger partial charge in [-0.3, -0.25) is 0 Å². The van der Waals surface area contributed by atoms with Crippen LogP contribution in [0.25, 0.3) is 0 Å². The van der Waals surface area contributed by atoms with E-state index >= 15 is 0 Å². The van der Waals surface area contributed by atoms with Gasteiger partial charge in [-0.15, -0.1) is 0 Å². The zero-order valence-corrected chi connectivity index (χ0v) is 13.3. The van der Waals surface area contributed by atoms with Crippen LogP contribution in [0.5, 0.6) is 0 Å². The minimum Gasteiger partial charge on any atom is -0.201 e. The van der Waals surface area contributed by atoms with Crippen LogP contribution < -0.4 is 4.72 Å². The van der Waals surface area contributed by atoms with Gasteiger partial charge in [-0.25, -0.2) is 4.72 Å². The van der Waals surface area contributed by atoms with Crippen LogP contribution in [0.1, 0.15) is 40.0 Å². The molecule has 1 fully saturated rings. The molecule has 0 aromatic rings. The summed E-state index contributed by atoms with van der Waals surface area (Å²) in [6.45, 7) is 8.21. The highest BCUT2D eigenvalue weighted by atomic mass is 79.9. The van der Waals surface area contributed by atoms with Crippen LogP contribution in [0.4, 0.5) is 0 Å². The van der Waals surface area contributed by atoms with Crippen molar-refractivity contribution < 1.29 is 8.42 Å². The van der Waals surface area contributed by atoms with Crippen molar-refractivity contribution in [3.63, 3.8) is 0 Å². The normalized spacial score (nSPS) is 20.7. The largest absolute Gasteiger partial charge is 0.279 e. The summed E-state index contributed by atoms with van der Waals surface area (Å²) in [5, 5.41) is 0. The van der Waals surface area contributed by atoms with Crippen LogP contribution in [0, 0.1) is 5.41 Å². The third-order valence-electron chi connectivity index (χ3n) is 2.73. The van der Waals surface area contributed by atoms with E-state index in [2.05, 4.69) is 41.4 Å². The summed E-state index contributed by atoms with van der Waals surface area (Å²) in [5.74, 6) is 0. The highest BCUT2D eigenvalue weighted by Crippen LogP contribution is 2.24. The van der Waals surface area contributed by atoms with E-state index in [4.69, 9.17) is 0 Å². The van der Waals surface area contributed by atoms with E-state index in [9.17, 15) is 8.42 Å². The first kappa shape index (κ1) is 15.4. The predicted octanol–water partition coefficient (Wildman–Crippen LogP) is 2.12. The lowest BCUT2D eigenvalue weighted by Gasteiger charge is -2.23. The molecule has 0 aromatic heterocycles. The van der Waals surface area contributed by atoms with Crippen molar-refractivity contribution in [1.82, 2.24) is 9.03 Å². The smallest absolute Gasteiger partial charge is 0.201 e. The highest BCUT2D eigenvalue weighted by molar-refractivity contribution is 9.09. The quantitative estimate of drug-likeness (QED) is 0.787. The maximum Gasteiger partial charge on any atom is 0.279 e. The molecule has 0 saturated carbocycles. The summed E-state index contributed by atoms with van der Waals surface area (Å²) < 4.78 is 28.0. The SMILES string of the molecule is CC(C)(C)CC(Br)CNS(=O)(=O)N1CCCC1. The molecule has 6 heteroatoms. The monoisotopic (exact) mass is 326 g/mol. The van der Waals surface area contributed by atoms with E-state index < -0.39 is 10.2 Å². The number of hydrogen-bond donors (Lipinski definition) is 1. The molecule has 1 heterocycles. The van der Waals surface area contributed by atoms with Gasteiger partial charge >= 0.3 is 0 Å². The zero-order valence-electron chi connectivity index (χ0n) is 10.9. The Labute approximate surface area is 113 Å². The Morgan fingerprint density at radius 3 is 2.29 bits per heavy atom. The van der Waals surface area contributed by atoms with Crippen molar-refractivity contribution in [3.8, 4) is 0 Å². The van der Waals surface area contributed by atoms with Gasteiger partial charge in [0.15, 0.2) is 0 Å². The Kier molecular flexibility index (Phi) is 5.43. The van der Waals surface area contributed by atoms with Gasteiger partial charge in [-0.05, 0) is 24.7 Å². The highest BCUT2D eigenvalue weighted by Gasteiger charge is 2.26. The van der Waals surface area contributed by atoms with Gasteiger partial charge < -0.3 is 0 Å². The molecule has 0 amide bonds. The Bertz CT molecular complexity index is 332. The Morgan fingerprint density at radius 1 is 1.29 bits per heavy atom. The summed E-state index contributed by atoms with van der Waals surface area (Å²) in [7, 11) is -3.26. The molecule has 1 N–H and O–H groups in total. The average molecular weight is 327 g/mol. The van der Waals surface area contributed by atoms with E-state index in [-0.39, 0.29) is 10.2 Å². The molecule has 1 rings (SSSR count). The molecule has 1 aliphatic rings. The first-order valence-corrected chi connectivity index (χ1v) is 8.45. The van der Waals surface area contributed by atoms with Gasteiger partial charge in [0.25, 0.3) is 10.2 Å². The Hall–Kier alpha value is 0.350. The fourth-order valence-electron chi connectivity index (χ4n) is 1.95. The van der Waals surface area contributed by atoms with Gasteiger partial charge in [0.2, 0.25) is 0 Å². The third-order valence-corrected chi connectivity index (χ3v) is 4.95. The molecule has 4 nitrogen and oxygen atoms in total. The average Bonchev–Trinajstić information content (AvgIpc) is 2.65. The van der Waals surface area contributed by atoms with Gasteiger partial charge in [0, 0.05) is 24.5 Å². The second kappa shape index (κ2) is 5.99. The third kappa shape index (κ3) is 5.68. The summed E-state index contributed by atoms with van der Waals surface area (Å²) in [4.78, 5) is 0.180. The number of nitrogens with zero attached hydrogens (tertiary/aromatic N) is 1. The van der Waals surface area contributed by atoms with Crippen molar-refractivity contribution in [2.75, 3.05) is 19.6 Å². The number of nitrogens with one attached hydrogen (secondary N) is 1. The van der Waals surface area contributed by atoms with Gasteiger partial charge in [0.1, 0.15) is 0 Å². The van der Waals surface area contributed by atoms with Crippen LogP contribution in [0.15, 0.2) is 0 Å². The van der Waals surface area contributed by atoms with Gasteiger partial charge in [0.05, 0.1) is 0 Å². The van der Waals surface area contributed by atoms with E-state index in [1.165, 1.54) is 4.31 Å². The predicted molar refractivity (Wildman–Crippen MR) is 74.5 cm³/mol. The molecule has 102 valence electrons. The fraction of sp³-hybridized carbons (Fsp3) is 1.00. The molecule has 0 radical (unpaired) electrons. The molecule has 1 aliphatic heterocycles. The van der Waals surface area contributed by atoms with E-state index in [0.717, 1.165) is 19.3 Å². The summed E-state index contributed by atoms with van der Waals surface area (Å²) in [5.41, 5.74) is 0.202. The minimum atomic E-state index is -3.26. The summed E-state index contributed by atoms with van der Waals surface area (Å²) in [6.07, 6.45) is 2.89. The van der Waals surface area contributed by atoms with Crippen molar-refractivity contribution in [2.24, 2.45) is 5.41 Å². The maximum absolute atomic E-state index is 11.9.